The minimum Gasteiger partial charge on any atom is -0.466 e. The minimum atomic E-state index is -0.431. The van der Waals surface area contributed by atoms with Crippen molar-refractivity contribution in [3.05, 3.63) is 36.4 Å². The van der Waals surface area contributed by atoms with Crippen LogP contribution in [0.2, 0.25) is 0 Å². The van der Waals surface area contributed by atoms with Gasteiger partial charge in [0.15, 0.2) is 0 Å². The van der Waals surface area contributed by atoms with Gasteiger partial charge >= 0.3 is 5.97 Å². The number of hydrogen-bond acceptors (Lipinski definition) is 4. The third-order valence-electron chi connectivity index (χ3n) is 2.23. The van der Waals surface area contributed by atoms with Gasteiger partial charge in [0.05, 0.1) is 24.7 Å². The Morgan fingerprint density at radius 1 is 1.50 bits per heavy atom. The largest absolute Gasteiger partial charge is 0.466 e. The van der Waals surface area contributed by atoms with Crippen molar-refractivity contribution in [2.75, 3.05) is 7.11 Å². The molecule has 0 radical (unpaired) electrons. The molecule has 0 spiro atoms. The molecule has 0 saturated heterocycles. The summed E-state index contributed by atoms with van der Waals surface area (Å²) in [6.45, 7) is 3.93. The predicted molar refractivity (Wildman–Crippen MR) is 58.7 cm³/mol. The summed E-state index contributed by atoms with van der Waals surface area (Å²) in [6.07, 6.45) is 0. The highest BCUT2D eigenvalue weighted by Gasteiger charge is 2.10. The number of carbonyl (C=O) groups excluding carboxylic acids is 1. The van der Waals surface area contributed by atoms with Crippen LogP contribution in [0.15, 0.2) is 36.4 Å². The molecule has 0 fully saturated rings. The van der Waals surface area contributed by atoms with E-state index in [1.54, 1.807) is 4.68 Å². The van der Waals surface area contributed by atoms with Gasteiger partial charge in [0.2, 0.25) is 0 Å². The number of rotatable bonds is 3. The van der Waals surface area contributed by atoms with Gasteiger partial charge in [-0.3, -0.25) is 0 Å². The van der Waals surface area contributed by atoms with E-state index in [-0.39, 0.29) is 6.54 Å². The van der Waals surface area contributed by atoms with Crippen molar-refractivity contribution in [1.29, 1.82) is 0 Å². The Hall–Kier alpha value is -2.17. The molecular formula is C11H11N3O2. The number of nitrogens with zero attached hydrogens (tertiary/aromatic N) is 3. The number of esters is 1. The highest BCUT2D eigenvalue weighted by atomic mass is 16.5. The van der Waals surface area contributed by atoms with Crippen LogP contribution in [0.4, 0.5) is 0 Å². The standard InChI is InChI=1S/C11H11N3O2/c1-8(11(15)16-2)7-14-10-6-4-3-5-9(10)12-13-14/h3-6H,1,7H2,2H3. The first-order valence-electron chi connectivity index (χ1n) is 4.76. The summed E-state index contributed by atoms with van der Waals surface area (Å²) in [7, 11) is 1.33. The van der Waals surface area contributed by atoms with E-state index >= 15 is 0 Å². The Morgan fingerprint density at radius 2 is 2.25 bits per heavy atom. The van der Waals surface area contributed by atoms with Gasteiger partial charge in [-0.2, -0.15) is 0 Å². The molecule has 5 nitrogen and oxygen atoms in total. The highest BCUT2D eigenvalue weighted by molar-refractivity contribution is 5.87. The molecule has 82 valence electrons. The summed E-state index contributed by atoms with van der Waals surface area (Å²) in [5.41, 5.74) is 2.01. The van der Waals surface area contributed by atoms with Crippen molar-refractivity contribution in [3.8, 4) is 0 Å². The molecule has 1 aromatic carbocycles. The van der Waals surface area contributed by atoms with Crippen LogP contribution < -0.4 is 0 Å². The Bertz CT molecular complexity index is 545. The first-order chi connectivity index (χ1) is 7.72. The van der Waals surface area contributed by atoms with Crippen LogP contribution in [0.5, 0.6) is 0 Å². The van der Waals surface area contributed by atoms with Crippen molar-refractivity contribution in [2.24, 2.45) is 0 Å². The number of ether oxygens (including phenoxy) is 1. The third-order valence-corrected chi connectivity index (χ3v) is 2.23. The second-order valence-electron chi connectivity index (χ2n) is 3.33. The molecule has 0 atom stereocenters. The van der Waals surface area contributed by atoms with E-state index in [1.165, 1.54) is 7.11 Å². The van der Waals surface area contributed by atoms with E-state index in [4.69, 9.17) is 0 Å². The molecule has 1 aromatic heterocycles. The molecule has 2 aromatic rings. The lowest BCUT2D eigenvalue weighted by Crippen LogP contribution is -2.11. The smallest absolute Gasteiger partial charge is 0.335 e. The van der Waals surface area contributed by atoms with Crippen LogP contribution in [-0.4, -0.2) is 28.1 Å². The number of benzene rings is 1. The molecule has 16 heavy (non-hydrogen) atoms. The zero-order valence-corrected chi connectivity index (χ0v) is 8.88. The zero-order valence-electron chi connectivity index (χ0n) is 8.88. The summed E-state index contributed by atoms with van der Waals surface area (Å²) in [5, 5.41) is 7.93. The van der Waals surface area contributed by atoms with Gasteiger partial charge < -0.3 is 4.74 Å². The van der Waals surface area contributed by atoms with Crippen LogP contribution in [0, 0.1) is 0 Å². The Kier molecular flexibility index (Phi) is 2.68. The van der Waals surface area contributed by atoms with Crippen molar-refractivity contribution < 1.29 is 9.53 Å². The molecule has 0 bridgehead atoms. The summed E-state index contributed by atoms with van der Waals surface area (Å²) in [5.74, 6) is -0.431. The Morgan fingerprint density at radius 3 is 3.00 bits per heavy atom. The van der Waals surface area contributed by atoms with Gasteiger partial charge in [-0.05, 0) is 12.1 Å². The van der Waals surface area contributed by atoms with Crippen LogP contribution in [0.3, 0.4) is 0 Å². The van der Waals surface area contributed by atoms with E-state index in [1.807, 2.05) is 24.3 Å². The van der Waals surface area contributed by atoms with Crippen molar-refractivity contribution in [2.45, 2.75) is 6.54 Å². The van der Waals surface area contributed by atoms with Crippen LogP contribution >= 0.6 is 0 Å². The number of carbonyl (C=O) groups is 1. The highest BCUT2D eigenvalue weighted by Crippen LogP contribution is 2.11. The van der Waals surface area contributed by atoms with E-state index in [0.717, 1.165) is 11.0 Å². The quantitative estimate of drug-likeness (QED) is 0.572. The van der Waals surface area contributed by atoms with Crippen LogP contribution in [0.1, 0.15) is 0 Å². The maximum atomic E-state index is 11.2. The van der Waals surface area contributed by atoms with E-state index in [9.17, 15) is 4.79 Å². The number of fused-ring (bicyclic) bond motifs is 1. The average molecular weight is 217 g/mol. The molecule has 0 unspecified atom stereocenters. The average Bonchev–Trinajstić information content (AvgIpc) is 2.72. The number of aromatic nitrogens is 3. The van der Waals surface area contributed by atoms with Crippen molar-refractivity contribution in [3.63, 3.8) is 0 Å². The molecule has 0 amide bonds. The monoisotopic (exact) mass is 217 g/mol. The lowest BCUT2D eigenvalue weighted by atomic mass is 10.3. The van der Waals surface area contributed by atoms with E-state index < -0.39 is 5.97 Å². The first kappa shape index (κ1) is 10.4. The van der Waals surface area contributed by atoms with Gasteiger partial charge in [0.1, 0.15) is 5.52 Å². The molecule has 0 aliphatic rings. The molecule has 2 rings (SSSR count). The second kappa shape index (κ2) is 4.14. The number of hydrogen-bond donors (Lipinski definition) is 0. The molecule has 1 heterocycles. The Balaban J connectivity index is 2.28. The Labute approximate surface area is 92.3 Å². The van der Waals surface area contributed by atoms with Crippen LogP contribution in [0.25, 0.3) is 11.0 Å². The fourth-order valence-electron chi connectivity index (χ4n) is 1.42. The normalized spacial score (nSPS) is 10.3. The van der Waals surface area contributed by atoms with Gasteiger partial charge in [-0.25, -0.2) is 9.48 Å². The fraction of sp³-hybridized carbons (Fsp3) is 0.182. The molecule has 0 aliphatic carbocycles. The summed E-state index contributed by atoms with van der Waals surface area (Å²) in [6, 6.07) is 7.53. The SMILES string of the molecule is C=C(Cn1nnc2ccccc21)C(=O)OC. The maximum Gasteiger partial charge on any atom is 0.335 e. The molecular weight excluding hydrogens is 206 g/mol. The van der Waals surface area contributed by atoms with E-state index in [2.05, 4.69) is 21.6 Å². The zero-order chi connectivity index (χ0) is 11.5. The van der Waals surface area contributed by atoms with Gasteiger partial charge in [-0.15, -0.1) is 5.10 Å². The lowest BCUT2D eigenvalue weighted by molar-refractivity contribution is -0.136. The maximum absolute atomic E-state index is 11.2. The molecule has 0 aliphatic heterocycles. The number of methoxy groups -OCH3 is 1. The molecule has 0 N–H and O–H groups in total. The molecule has 5 heteroatoms. The van der Waals surface area contributed by atoms with Crippen molar-refractivity contribution >= 4 is 17.0 Å². The first-order valence-corrected chi connectivity index (χ1v) is 4.76. The minimum absolute atomic E-state index is 0.285. The van der Waals surface area contributed by atoms with Gasteiger partial charge in [-0.1, -0.05) is 23.9 Å². The fourth-order valence-corrected chi connectivity index (χ4v) is 1.42. The molecule has 0 saturated carbocycles. The van der Waals surface area contributed by atoms with E-state index in [0.29, 0.717) is 5.57 Å². The van der Waals surface area contributed by atoms with Crippen molar-refractivity contribution in [1.82, 2.24) is 15.0 Å². The number of para-hydroxylation sites is 1. The summed E-state index contributed by atoms with van der Waals surface area (Å²) >= 11 is 0. The summed E-state index contributed by atoms with van der Waals surface area (Å²) in [4.78, 5) is 11.2. The predicted octanol–water partition coefficient (Wildman–Crippen LogP) is 1.16. The second-order valence-corrected chi connectivity index (χ2v) is 3.33. The van der Waals surface area contributed by atoms with Gasteiger partial charge in [0, 0.05) is 0 Å². The van der Waals surface area contributed by atoms with Gasteiger partial charge in [0.25, 0.3) is 0 Å². The summed E-state index contributed by atoms with van der Waals surface area (Å²) < 4.78 is 6.19. The third kappa shape index (κ3) is 1.79. The lowest BCUT2D eigenvalue weighted by Gasteiger charge is -2.03. The van der Waals surface area contributed by atoms with Crippen LogP contribution in [-0.2, 0) is 16.1 Å². The topological polar surface area (TPSA) is 57.0 Å².